The van der Waals surface area contributed by atoms with Crippen LogP contribution in [0, 0.1) is 24.2 Å². The first-order chi connectivity index (χ1) is 9.28. The number of nitrogens with one attached hydrogen (secondary N) is 1. The third-order valence-electron chi connectivity index (χ3n) is 3.40. The summed E-state index contributed by atoms with van der Waals surface area (Å²) in [5.41, 5.74) is 6.68. The van der Waals surface area contributed by atoms with Gasteiger partial charge in [0.05, 0.1) is 11.8 Å². The minimum Gasteiger partial charge on any atom is -0.399 e. The van der Waals surface area contributed by atoms with Crippen LogP contribution < -0.4 is 11.1 Å². The number of carbonyl (C=O) groups is 1. The zero-order chi connectivity index (χ0) is 15.3. The molecule has 1 unspecified atom stereocenters. The van der Waals surface area contributed by atoms with E-state index in [0.717, 1.165) is 16.1 Å². The van der Waals surface area contributed by atoms with Crippen LogP contribution in [0.25, 0.3) is 0 Å². The number of nitrogens with zero attached hydrogens (tertiary/aromatic N) is 1. The number of anilines is 1. The first-order valence-electron chi connectivity index (χ1n) is 6.49. The maximum Gasteiger partial charge on any atom is 0.231 e. The maximum absolute atomic E-state index is 11.9. The molecule has 0 spiro atoms. The second kappa shape index (κ2) is 6.67. The molecule has 1 atom stereocenters. The Labute approximate surface area is 124 Å². The van der Waals surface area contributed by atoms with E-state index in [0.29, 0.717) is 0 Å². The average Bonchev–Trinajstić information content (AvgIpc) is 2.39. The Morgan fingerprint density at radius 2 is 2.20 bits per heavy atom. The normalized spacial score (nSPS) is 13.6. The molecular formula is C15H21N3OS. The molecule has 1 aromatic rings. The SMILES string of the molecule is Cc1cc(SCC(=O)NC(C)(C#N)C(C)C)ccc1N. The maximum atomic E-state index is 11.9. The second-order valence-electron chi connectivity index (χ2n) is 5.32. The molecule has 0 aliphatic heterocycles. The molecule has 0 bridgehead atoms. The van der Waals surface area contributed by atoms with E-state index in [1.165, 1.54) is 11.8 Å². The molecule has 5 heteroatoms. The Balaban J connectivity index is 2.60. The molecular weight excluding hydrogens is 270 g/mol. The van der Waals surface area contributed by atoms with Crippen LogP contribution in [0.15, 0.2) is 23.1 Å². The fraction of sp³-hybridized carbons (Fsp3) is 0.467. The van der Waals surface area contributed by atoms with E-state index in [2.05, 4.69) is 11.4 Å². The molecule has 1 rings (SSSR count). The first kappa shape index (κ1) is 16.4. The molecule has 1 aromatic carbocycles. The number of nitriles is 1. The van der Waals surface area contributed by atoms with Crippen molar-refractivity contribution in [3.8, 4) is 6.07 Å². The summed E-state index contributed by atoms with van der Waals surface area (Å²) in [5, 5.41) is 12.0. The van der Waals surface area contributed by atoms with E-state index in [9.17, 15) is 10.1 Å². The van der Waals surface area contributed by atoms with Crippen molar-refractivity contribution in [2.75, 3.05) is 11.5 Å². The molecule has 0 saturated carbocycles. The highest BCUT2D eigenvalue weighted by Gasteiger charge is 2.29. The summed E-state index contributed by atoms with van der Waals surface area (Å²) in [6.45, 7) is 7.51. The van der Waals surface area contributed by atoms with Gasteiger partial charge in [0.25, 0.3) is 0 Å². The Morgan fingerprint density at radius 1 is 1.55 bits per heavy atom. The van der Waals surface area contributed by atoms with Crippen molar-refractivity contribution in [3.63, 3.8) is 0 Å². The monoisotopic (exact) mass is 291 g/mol. The number of hydrogen-bond donors (Lipinski definition) is 2. The molecule has 0 aromatic heterocycles. The smallest absolute Gasteiger partial charge is 0.231 e. The van der Waals surface area contributed by atoms with Crippen molar-refractivity contribution >= 4 is 23.4 Å². The van der Waals surface area contributed by atoms with Crippen molar-refractivity contribution in [1.29, 1.82) is 5.26 Å². The summed E-state index contributed by atoms with van der Waals surface area (Å²) in [7, 11) is 0. The van der Waals surface area contributed by atoms with Gasteiger partial charge in [-0.2, -0.15) is 5.26 Å². The van der Waals surface area contributed by atoms with Crippen LogP contribution in [-0.2, 0) is 4.79 Å². The molecule has 0 aliphatic rings. The van der Waals surface area contributed by atoms with Crippen molar-refractivity contribution in [2.24, 2.45) is 5.92 Å². The van der Waals surface area contributed by atoms with Crippen LogP contribution in [0.1, 0.15) is 26.3 Å². The number of carbonyl (C=O) groups excluding carboxylic acids is 1. The largest absolute Gasteiger partial charge is 0.399 e. The van der Waals surface area contributed by atoms with Gasteiger partial charge in [0.1, 0.15) is 5.54 Å². The van der Waals surface area contributed by atoms with Gasteiger partial charge in [0.2, 0.25) is 5.91 Å². The van der Waals surface area contributed by atoms with E-state index in [1.807, 2.05) is 39.0 Å². The standard InChI is InChI=1S/C15H21N3OS/c1-10(2)15(4,9-16)18-14(19)8-20-12-5-6-13(17)11(3)7-12/h5-7,10H,8,17H2,1-4H3,(H,18,19). The third-order valence-corrected chi connectivity index (χ3v) is 4.39. The summed E-state index contributed by atoms with van der Waals surface area (Å²) in [5.74, 6) is 0.204. The lowest BCUT2D eigenvalue weighted by Gasteiger charge is -2.27. The Kier molecular flexibility index (Phi) is 5.46. The van der Waals surface area contributed by atoms with Gasteiger partial charge in [-0.15, -0.1) is 11.8 Å². The zero-order valence-electron chi connectivity index (χ0n) is 12.4. The van der Waals surface area contributed by atoms with Crippen LogP contribution >= 0.6 is 11.8 Å². The first-order valence-corrected chi connectivity index (χ1v) is 7.48. The van der Waals surface area contributed by atoms with Gasteiger partial charge >= 0.3 is 0 Å². The fourth-order valence-corrected chi connectivity index (χ4v) is 2.31. The lowest BCUT2D eigenvalue weighted by atomic mass is 9.90. The average molecular weight is 291 g/mol. The molecule has 1 amide bonds. The zero-order valence-corrected chi connectivity index (χ0v) is 13.2. The summed E-state index contributed by atoms with van der Waals surface area (Å²) in [6.07, 6.45) is 0. The van der Waals surface area contributed by atoms with Crippen LogP contribution in [0.2, 0.25) is 0 Å². The molecule has 0 heterocycles. The molecule has 20 heavy (non-hydrogen) atoms. The summed E-state index contributed by atoms with van der Waals surface area (Å²) >= 11 is 1.44. The Hall–Kier alpha value is -1.67. The van der Waals surface area contributed by atoms with Gasteiger partial charge in [0, 0.05) is 10.6 Å². The molecule has 108 valence electrons. The highest BCUT2D eigenvalue weighted by atomic mass is 32.2. The topological polar surface area (TPSA) is 78.9 Å². The number of nitrogen functional groups attached to an aromatic ring is 1. The van der Waals surface area contributed by atoms with Gasteiger partial charge in [-0.05, 0) is 43.5 Å². The quantitative estimate of drug-likeness (QED) is 0.646. The number of rotatable bonds is 5. The number of aryl methyl sites for hydroxylation is 1. The van der Waals surface area contributed by atoms with Crippen LogP contribution in [0.5, 0.6) is 0 Å². The number of benzene rings is 1. The molecule has 0 aliphatic carbocycles. The van der Waals surface area contributed by atoms with Crippen LogP contribution in [0.4, 0.5) is 5.69 Å². The number of nitrogens with two attached hydrogens (primary N) is 1. The van der Waals surface area contributed by atoms with Crippen molar-refractivity contribution in [3.05, 3.63) is 23.8 Å². The number of thioether (sulfide) groups is 1. The lowest BCUT2D eigenvalue weighted by molar-refractivity contribution is -0.120. The van der Waals surface area contributed by atoms with Crippen LogP contribution in [-0.4, -0.2) is 17.2 Å². The lowest BCUT2D eigenvalue weighted by Crippen LogP contribution is -2.49. The van der Waals surface area contributed by atoms with Gasteiger partial charge in [-0.3, -0.25) is 4.79 Å². The fourth-order valence-electron chi connectivity index (χ4n) is 1.51. The van der Waals surface area contributed by atoms with E-state index in [4.69, 9.17) is 5.73 Å². The van der Waals surface area contributed by atoms with Crippen molar-refractivity contribution in [2.45, 2.75) is 38.1 Å². The highest BCUT2D eigenvalue weighted by Crippen LogP contribution is 2.23. The highest BCUT2D eigenvalue weighted by molar-refractivity contribution is 8.00. The van der Waals surface area contributed by atoms with E-state index >= 15 is 0 Å². The number of hydrogen-bond acceptors (Lipinski definition) is 4. The van der Waals surface area contributed by atoms with Gasteiger partial charge in [-0.1, -0.05) is 13.8 Å². The third kappa shape index (κ3) is 4.17. The molecule has 0 saturated heterocycles. The second-order valence-corrected chi connectivity index (χ2v) is 6.37. The molecule has 0 fully saturated rings. The minimum absolute atomic E-state index is 0.0558. The van der Waals surface area contributed by atoms with E-state index < -0.39 is 5.54 Å². The number of amides is 1. The minimum atomic E-state index is -0.825. The van der Waals surface area contributed by atoms with Gasteiger partial charge in [-0.25, -0.2) is 0 Å². The predicted octanol–water partition coefficient (Wildman–Crippen LogP) is 2.72. The van der Waals surface area contributed by atoms with Crippen molar-refractivity contribution in [1.82, 2.24) is 5.32 Å². The summed E-state index contributed by atoms with van der Waals surface area (Å²) in [4.78, 5) is 12.9. The van der Waals surface area contributed by atoms with Gasteiger partial charge < -0.3 is 11.1 Å². The van der Waals surface area contributed by atoms with E-state index in [1.54, 1.807) is 6.92 Å². The summed E-state index contributed by atoms with van der Waals surface area (Å²) in [6, 6.07) is 7.85. The molecule has 0 radical (unpaired) electrons. The van der Waals surface area contributed by atoms with Crippen molar-refractivity contribution < 1.29 is 4.79 Å². The summed E-state index contributed by atoms with van der Waals surface area (Å²) < 4.78 is 0. The van der Waals surface area contributed by atoms with Gasteiger partial charge in [0.15, 0.2) is 0 Å². The Morgan fingerprint density at radius 3 is 2.70 bits per heavy atom. The van der Waals surface area contributed by atoms with Crippen LogP contribution in [0.3, 0.4) is 0 Å². The van der Waals surface area contributed by atoms with E-state index in [-0.39, 0.29) is 17.6 Å². The molecule has 4 nitrogen and oxygen atoms in total. The Bertz CT molecular complexity index is 536. The molecule has 3 N–H and O–H groups in total. The predicted molar refractivity (Wildman–Crippen MR) is 83.3 cm³/mol.